The van der Waals surface area contributed by atoms with Crippen molar-refractivity contribution in [2.75, 3.05) is 6.26 Å². The Morgan fingerprint density at radius 1 is 1.00 bits per heavy atom. The molecule has 2 aromatic carbocycles. The molecule has 0 saturated carbocycles. The van der Waals surface area contributed by atoms with Crippen molar-refractivity contribution in [3.8, 4) is 17.2 Å². The summed E-state index contributed by atoms with van der Waals surface area (Å²) < 4.78 is 97.3. The Hall–Kier alpha value is -2.89. The van der Waals surface area contributed by atoms with Gasteiger partial charge in [-0.2, -0.15) is 0 Å². The lowest BCUT2D eigenvalue weighted by Gasteiger charge is -2.14. The van der Waals surface area contributed by atoms with E-state index in [9.17, 15) is 35.2 Å². The molecule has 27 heavy (non-hydrogen) atoms. The molecule has 0 radical (unpaired) electrons. The highest BCUT2D eigenvalue weighted by Gasteiger charge is 2.32. The molecule has 0 unspecified atom stereocenters. The number of hydrogen-bond acceptors (Lipinski definition) is 5. The van der Waals surface area contributed by atoms with E-state index in [-0.39, 0.29) is 0 Å². The van der Waals surface area contributed by atoms with Crippen LogP contribution >= 0.6 is 0 Å². The third-order valence-corrected chi connectivity index (χ3v) is 3.40. The first-order valence-corrected chi connectivity index (χ1v) is 8.78. The molecule has 1 N–H and O–H groups in total. The van der Waals surface area contributed by atoms with Gasteiger partial charge in [0, 0.05) is 6.07 Å². The first-order valence-electron chi connectivity index (χ1n) is 6.89. The molecule has 0 saturated heterocycles. The van der Waals surface area contributed by atoms with Crippen LogP contribution in [0, 0.1) is 11.6 Å². The zero-order valence-electron chi connectivity index (χ0n) is 13.3. The third-order valence-electron chi connectivity index (χ3n) is 2.84. The number of halogens is 5. The van der Waals surface area contributed by atoms with Crippen LogP contribution in [0.3, 0.4) is 0 Å². The van der Waals surface area contributed by atoms with Crippen molar-refractivity contribution < 1.29 is 44.6 Å². The highest BCUT2D eigenvalue weighted by atomic mass is 32.2. The van der Waals surface area contributed by atoms with Crippen LogP contribution < -0.4 is 14.2 Å². The van der Waals surface area contributed by atoms with Gasteiger partial charge in [-0.1, -0.05) is 12.1 Å². The minimum atomic E-state index is -5.04. The second-order valence-corrected chi connectivity index (χ2v) is 6.81. The topological polar surface area (TPSA) is 81.7 Å². The lowest BCUT2D eigenvalue weighted by atomic mass is 10.2. The second kappa shape index (κ2) is 7.39. The van der Waals surface area contributed by atoms with E-state index in [4.69, 9.17) is 4.74 Å². The van der Waals surface area contributed by atoms with Gasteiger partial charge in [0.2, 0.25) is 10.0 Å². The number of hydrogen-bond donors (Lipinski definition) is 1. The second-order valence-electron chi connectivity index (χ2n) is 5.06. The van der Waals surface area contributed by atoms with Crippen molar-refractivity contribution in [2.24, 2.45) is 0 Å². The maximum absolute atomic E-state index is 14.1. The van der Waals surface area contributed by atoms with Crippen LogP contribution in [-0.4, -0.2) is 26.9 Å². The van der Waals surface area contributed by atoms with Crippen molar-refractivity contribution in [1.82, 2.24) is 4.72 Å². The first kappa shape index (κ1) is 20.4. The van der Waals surface area contributed by atoms with E-state index in [1.807, 2.05) is 0 Å². The Kier molecular flexibility index (Phi) is 5.59. The highest BCUT2D eigenvalue weighted by molar-refractivity contribution is 7.89. The largest absolute Gasteiger partial charge is 0.573 e. The Balaban J connectivity index is 2.34. The van der Waals surface area contributed by atoms with Crippen LogP contribution in [-0.2, 0) is 10.0 Å². The van der Waals surface area contributed by atoms with E-state index in [0.717, 1.165) is 12.1 Å². The molecule has 0 heterocycles. The summed E-state index contributed by atoms with van der Waals surface area (Å²) in [4.78, 5) is 11.6. The summed E-state index contributed by atoms with van der Waals surface area (Å²) in [7, 11) is -4.03. The molecule has 0 aliphatic carbocycles. The lowest BCUT2D eigenvalue weighted by Crippen LogP contribution is -2.30. The number of ether oxygens (including phenoxy) is 2. The van der Waals surface area contributed by atoms with Gasteiger partial charge in [0.15, 0.2) is 23.1 Å². The molecule has 6 nitrogen and oxygen atoms in total. The van der Waals surface area contributed by atoms with Crippen LogP contribution in [0.15, 0.2) is 36.4 Å². The van der Waals surface area contributed by atoms with Gasteiger partial charge in [0.05, 0.1) is 11.8 Å². The van der Waals surface area contributed by atoms with Gasteiger partial charge in [-0.25, -0.2) is 21.9 Å². The van der Waals surface area contributed by atoms with E-state index < -0.39 is 56.7 Å². The summed E-state index contributed by atoms with van der Waals surface area (Å²) in [5.41, 5.74) is -0.940. The van der Waals surface area contributed by atoms with Crippen molar-refractivity contribution in [2.45, 2.75) is 6.36 Å². The highest BCUT2D eigenvalue weighted by Crippen LogP contribution is 2.36. The van der Waals surface area contributed by atoms with Gasteiger partial charge in [-0.15, -0.1) is 13.2 Å². The number of nitrogens with one attached hydrogen (secondary N) is 1. The number of amides is 1. The van der Waals surface area contributed by atoms with Gasteiger partial charge in [-0.3, -0.25) is 4.79 Å². The molecule has 0 bridgehead atoms. The molecule has 12 heteroatoms. The molecular weight excluding hydrogens is 401 g/mol. The van der Waals surface area contributed by atoms with E-state index >= 15 is 0 Å². The Labute approximate surface area is 149 Å². The van der Waals surface area contributed by atoms with Gasteiger partial charge < -0.3 is 9.47 Å². The molecular formula is C15H10F5NO5S. The van der Waals surface area contributed by atoms with E-state index in [2.05, 4.69) is 4.74 Å². The quantitative estimate of drug-likeness (QED) is 0.764. The minimum Gasteiger partial charge on any atom is -0.450 e. The van der Waals surface area contributed by atoms with Crippen molar-refractivity contribution in [3.63, 3.8) is 0 Å². The van der Waals surface area contributed by atoms with Crippen LogP contribution in [0.4, 0.5) is 22.0 Å². The summed E-state index contributed by atoms with van der Waals surface area (Å²) >= 11 is 0. The monoisotopic (exact) mass is 411 g/mol. The van der Waals surface area contributed by atoms with E-state index in [0.29, 0.717) is 18.4 Å². The van der Waals surface area contributed by atoms with Gasteiger partial charge in [0.1, 0.15) is 5.82 Å². The average molecular weight is 411 g/mol. The summed E-state index contributed by atoms with van der Waals surface area (Å²) in [6, 6.07) is 5.10. The zero-order chi connectivity index (χ0) is 20.4. The molecule has 2 rings (SSSR count). The molecule has 0 atom stereocenters. The molecule has 146 valence electrons. The van der Waals surface area contributed by atoms with Gasteiger partial charge in [0.25, 0.3) is 5.91 Å². The summed E-state index contributed by atoms with van der Waals surface area (Å²) in [6.07, 6.45) is -4.41. The molecule has 0 aliphatic heterocycles. The van der Waals surface area contributed by atoms with Crippen LogP contribution in [0.1, 0.15) is 10.4 Å². The summed E-state index contributed by atoms with van der Waals surface area (Å²) in [5, 5.41) is 0. The molecule has 0 spiro atoms. The predicted molar refractivity (Wildman–Crippen MR) is 81.9 cm³/mol. The fourth-order valence-electron chi connectivity index (χ4n) is 1.87. The molecule has 0 fully saturated rings. The smallest absolute Gasteiger partial charge is 0.450 e. The SMILES string of the molecule is CS(=O)(=O)NC(=O)c1cc(F)c(Oc2ccccc2OC(F)(F)F)cc1F. The number of sulfonamides is 1. The summed E-state index contributed by atoms with van der Waals surface area (Å²) in [5.74, 6) is -6.33. The number of rotatable bonds is 5. The first-order chi connectivity index (χ1) is 12.4. The number of para-hydroxylation sites is 2. The van der Waals surface area contributed by atoms with Crippen molar-refractivity contribution >= 4 is 15.9 Å². The van der Waals surface area contributed by atoms with Gasteiger partial charge in [-0.05, 0) is 18.2 Å². The van der Waals surface area contributed by atoms with Crippen LogP contribution in [0.2, 0.25) is 0 Å². The standard InChI is InChI=1S/C15H10F5NO5S/c1-27(23,24)21-14(22)8-6-10(17)13(7-9(8)16)25-11-4-2-3-5-12(11)26-15(18,19)20/h2-7H,1H3,(H,21,22). The molecule has 0 aromatic heterocycles. The third kappa shape index (κ3) is 5.81. The maximum Gasteiger partial charge on any atom is 0.573 e. The zero-order valence-corrected chi connectivity index (χ0v) is 14.1. The van der Waals surface area contributed by atoms with Crippen molar-refractivity contribution in [3.05, 3.63) is 53.6 Å². The van der Waals surface area contributed by atoms with Crippen molar-refractivity contribution in [1.29, 1.82) is 0 Å². The molecule has 1 amide bonds. The Morgan fingerprint density at radius 3 is 2.15 bits per heavy atom. The summed E-state index contributed by atoms with van der Waals surface area (Å²) in [6.45, 7) is 0. The Morgan fingerprint density at radius 2 is 1.59 bits per heavy atom. The Bertz CT molecular complexity index is 975. The molecule has 2 aromatic rings. The number of carbonyl (C=O) groups is 1. The number of carbonyl (C=O) groups excluding carboxylic acids is 1. The van der Waals surface area contributed by atoms with E-state index in [1.54, 1.807) is 0 Å². The number of alkyl halides is 3. The van der Waals surface area contributed by atoms with Gasteiger partial charge >= 0.3 is 6.36 Å². The maximum atomic E-state index is 14.1. The predicted octanol–water partition coefficient (Wildman–Crippen LogP) is 3.35. The van der Waals surface area contributed by atoms with Crippen LogP contribution in [0.5, 0.6) is 17.2 Å². The fraction of sp³-hybridized carbons (Fsp3) is 0.133. The average Bonchev–Trinajstić information content (AvgIpc) is 2.49. The minimum absolute atomic E-state index is 0.346. The normalized spacial score (nSPS) is 11.8. The number of benzene rings is 2. The van der Waals surface area contributed by atoms with Crippen LogP contribution in [0.25, 0.3) is 0 Å². The van der Waals surface area contributed by atoms with E-state index in [1.165, 1.54) is 16.9 Å². The molecule has 0 aliphatic rings. The fourth-order valence-corrected chi connectivity index (χ4v) is 2.31. The lowest BCUT2D eigenvalue weighted by molar-refractivity contribution is -0.275.